The molecule has 1 aliphatic carbocycles. The van der Waals surface area contributed by atoms with Crippen molar-refractivity contribution in [3.63, 3.8) is 0 Å². The molecular weight excluding hydrogens is 464 g/mol. The molecule has 2 heterocycles. The summed E-state index contributed by atoms with van der Waals surface area (Å²) in [6, 6.07) is 12.9. The SMILES string of the molecule is CN(Cc1nc(-c2ccc(C(C)(C)C)cc2)no1)S(=O)(=O)c1ccc2c(c1)CCN2C(=O)C1CC1. The minimum atomic E-state index is -3.78. The Morgan fingerprint density at radius 2 is 1.86 bits per heavy atom. The van der Waals surface area contributed by atoms with E-state index in [0.717, 1.165) is 29.7 Å². The first-order valence-corrected chi connectivity index (χ1v) is 13.3. The molecule has 8 nitrogen and oxygen atoms in total. The summed E-state index contributed by atoms with van der Waals surface area (Å²) in [5.74, 6) is 0.917. The monoisotopic (exact) mass is 494 g/mol. The predicted molar refractivity (Wildman–Crippen MR) is 132 cm³/mol. The van der Waals surface area contributed by atoms with E-state index in [1.165, 1.54) is 16.9 Å². The average Bonchev–Trinajstić information content (AvgIpc) is 3.42. The fraction of sp³-hybridized carbons (Fsp3) is 0.423. The van der Waals surface area contributed by atoms with Crippen molar-refractivity contribution in [1.82, 2.24) is 14.4 Å². The molecular formula is C26H30N4O4S. The van der Waals surface area contributed by atoms with E-state index >= 15 is 0 Å². The molecule has 1 saturated carbocycles. The van der Waals surface area contributed by atoms with Crippen molar-refractivity contribution in [2.75, 3.05) is 18.5 Å². The molecule has 1 amide bonds. The van der Waals surface area contributed by atoms with Crippen molar-refractivity contribution in [3.8, 4) is 11.4 Å². The summed E-state index contributed by atoms with van der Waals surface area (Å²) in [5, 5.41) is 4.03. The predicted octanol–water partition coefficient (Wildman–Crippen LogP) is 4.15. The third-order valence-corrected chi connectivity index (χ3v) is 8.48. The normalized spacial score (nSPS) is 16.1. The number of rotatable bonds is 6. The van der Waals surface area contributed by atoms with E-state index in [9.17, 15) is 13.2 Å². The summed E-state index contributed by atoms with van der Waals surface area (Å²) in [4.78, 5) is 18.9. The van der Waals surface area contributed by atoms with Crippen LogP contribution in [-0.2, 0) is 33.2 Å². The van der Waals surface area contributed by atoms with E-state index in [1.54, 1.807) is 23.1 Å². The van der Waals surface area contributed by atoms with Crippen LogP contribution in [0.4, 0.5) is 5.69 Å². The molecule has 0 radical (unpaired) electrons. The van der Waals surface area contributed by atoms with Gasteiger partial charge in [0.25, 0.3) is 0 Å². The van der Waals surface area contributed by atoms with E-state index in [-0.39, 0.29) is 34.6 Å². The van der Waals surface area contributed by atoms with Crippen molar-refractivity contribution >= 4 is 21.6 Å². The van der Waals surface area contributed by atoms with Crippen LogP contribution in [0.15, 0.2) is 51.9 Å². The van der Waals surface area contributed by atoms with E-state index in [4.69, 9.17) is 4.52 Å². The number of nitrogens with zero attached hydrogens (tertiary/aromatic N) is 4. The van der Waals surface area contributed by atoms with Crippen molar-refractivity contribution < 1.29 is 17.7 Å². The van der Waals surface area contributed by atoms with Crippen LogP contribution in [0.3, 0.4) is 0 Å². The van der Waals surface area contributed by atoms with Gasteiger partial charge in [-0.2, -0.15) is 9.29 Å². The number of benzene rings is 2. The number of aromatic nitrogens is 2. The quantitative estimate of drug-likeness (QED) is 0.511. The molecule has 0 unspecified atom stereocenters. The number of sulfonamides is 1. The van der Waals surface area contributed by atoms with Crippen LogP contribution >= 0.6 is 0 Å². The van der Waals surface area contributed by atoms with Crippen LogP contribution in [0.1, 0.15) is 50.6 Å². The van der Waals surface area contributed by atoms with Gasteiger partial charge >= 0.3 is 0 Å². The van der Waals surface area contributed by atoms with Crippen molar-refractivity contribution in [2.45, 2.75) is 56.9 Å². The molecule has 5 rings (SSSR count). The minimum absolute atomic E-state index is 0.0423. The van der Waals surface area contributed by atoms with Crippen molar-refractivity contribution in [3.05, 3.63) is 59.5 Å². The van der Waals surface area contributed by atoms with Crippen molar-refractivity contribution in [1.29, 1.82) is 0 Å². The highest BCUT2D eigenvalue weighted by atomic mass is 32.2. The van der Waals surface area contributed by atoms with Gasteiger partial charge in [0.2, 0.25) is 27.6 Å². The Hall–Kier alpha value is -3.04. The largest absolute Gasteiger partial charge is 0.338 e. The Labute approximate surface area is 206 Å². The fourth-order valence-electron chi connectivity index (χ4n) is 4.33. The lowest BCUT2D eigenvalue weighted by molar-refractivity contribution is -0.119. The van der Waals surface area contributed by atoms with Gasteiger partial charge in [-0.05, 0) is 54.0 Å². The lowest BCUT2D eigenvalue weighted by Crippen LogP contribution is -2.30. The van der Waals surface area contributed by atoms with Crippen LogP contribution in [0.5, 0.6) is 0 Å². The van der Waals surface area contributed by atoms with Gasteiger partial charge in [-0.25, -0.2) is 8.42 Å². The molecule has 0 atom stereocenters. The van der Waals surface area contributed by atoms with E-state index in [0.29, 0.717) is 18.8 Å². The van der Waals surface area contributed by atoms with Crippen LogP contribution < -0.4 is 4.90 Å². The number of fused-ring (bicyclic) bond motifs is 1. The second kappa shape index (κ2) is 8.57. The van der Waals surface area contributed by atoms with Gasteiger partial charge in [-0.1, -0.05) is 50.2 Å². The average molecular weight is 495 g/mol. The van der Waals surface area contributed by atoms with Gasteiger partial charge in [0.15, 0.2) is 0 Å². The van der Waals surface area contributed by atoms with Crippen molar-refractivity contribution in [2.24, 2.45) is 5.92 Å². The molecule has 9 heteroatoms. The molecule has 0 spiro atoms. The highest BCUT2D eigenvalue weighted by Gasteiger charge is 2.37. The first-order chi connectivity index (χ1) is 16.5. The summed E-state index contributed by atoms with van der Waals surface area (Å²) in [6.45, 7) is 7.00. The first kappa shape index (κ1) is 23.7. The molecule has 2 aliphatic rings. The Morgan fingerprint density at radius 3 is 2.51 bits per heavy atom. The van der Waals surface area contributed by atoms with Crippen LogP contribution in [0.2, 0.25) is 0 Å². The summed E-state index contributed by atoms with van der Waals surface area (Å²) in [7, 11) is -2.28. The number of amides is 1. The van der Waals surface area contributed by atoms with Crippen LogP contribution in [0, 0.1) is 5.92 Å². The Kier molecular flexibility index (Phi) is 5.80. The van der Waals surface area contributed by atoms with E-state index in [1.807, 2.05) is 24.3 Å². The maximum atomic E-state index is 13.2. The van der Waals surface area contributed by atoms with E-state index < -0.39 is 10.0 Å². The molecule has 0 N–H and O–H groups in total. The zero-order valence-electron chi connectivity index (χ0n) is 20.5. The molecule has 184 valence electrons. The number of carbonyl (C=O) groups is 1. The summed E-state index contributed by atoms with van der Waals surface area (Å²) < 4.78 is 33.0. The third-order valence-electron chi connectivity index (χ3n) is 6.68. The van der Waals surface area contributed by atoms with E-state index in [2.05, 4.69) is 30.9 Å². The fourth-order valence-corrected chi connectivity index (χ4v) is 5.50. The maximum Gasteiger partial charge on any atom is 0.243 e. The molecule has 1 fully saturated rings. The Morgan fingerprint density at radius 1 is 1.14 bits per heavy atom. The molecule has 0 bridgehead atoms. The Bertz CT molecular complexity index is 1370. The highest BCUT2D eigenvalue weighted by molar-refractivity contribution is 7.89. The minimum Gasteiger partial charge on any atom is -0.338 e. The number of hydrogen-bond donors (Lipinski definition) is 0. The number of anilines is 1. The lowest BCUT2D eigenvalue weighted by Gasteiger charge is -2.18. The maximum absolute atomic E-state index is 13.2. The summed E-state index contributed by atoms with van der Waals surface area (Å²) in [6.07, 6.45) is 2.55. The number of hydrogen-bond acceptors (Lipinski definition) is 6. The standard InChI is InChI=1S/C26H30N4O4S/c1-26(2,3)20-9-7-17(8-10-20)24-27-23(34-28-24)16-29(4)35(32,33)21-11-12-22-19(15-21)13-14-30(22)25(31)18-5-6-18/h7-12,15,18H,5-6,13-14,16H2,1-4H3. The molecule has 1 aromatic heterocycles. The Balaban J connectivity index is 1.30. The topological polar surface area (TPSA) is 96.6 Å². The van der Waals surface area contributed by atoms with Gasteiger partial charge in [-0.3, -0.25) is 4.79 Å². The smallest absolute Gasteiger partial charge is 0.243 e. The van der Waals surface area contributed by atoms with Gasteiger partial charge in [0.05, 0.1) is 11.4 Å². The van der Waals surface area contributed by atoms with Crippen LogP contribution in [0.25, 0.3) is 11.4 Å². The molecule has 2 aromatic carbocycles. The second-order valence-corrected chi connectivity index (χ2v) is 12.4. The van der Waals surface area contributed by atoms with Gasteiger partial charge in [-0.15, -0.1) is 0 Å². The summed E-state index contributed by atoms with van der Waals surface area (Å²) >= 11 is 0. The van der Waals surface area contributed by atoms with Crippen LogP contribution in [-0.4, -0.2) is 42.4 Å². The van der Waals surface area contributed by atoms with Gasteiger partial charge < -0.3 is 9.42 Å². The third kappa shape index (κ3) is 4.62. The summed E-state index contributed by atoms with van der Waals surface area (Å²) in [5.41, 5.74) is 3.75. The molecule has 3 aromatic rings. The second-order valence-electron chi connectivity index (χ2n) is 10.4. The zero-order chi connectivity index (χ0) is 25.0. The molecule has 0 saturated heterocycles. The number of carbonyl (C=O) groups excluding carboxylic acids is 1. The zero-order valence-corrected chi connectivity index (χ0v) is 21.3. The van der Waals surface area contributed by atoms with Gasteiger partial charge in [0, 0.05) is 30.8 Å². The molecule has 35 heavy (non-hydrogen) atoms. The first-order valence-electron chi connectivity index (χ1n) is 11.9. The van der Waals surface area contributed by atoms with Gasteiger partial charge in [0.1, 0.15) is 0 Å². The highest BCUT2D eigenvalue weighted by Crippen LogP contribution is 2.37. The lowest BCUT2D eigenvalue weighted by atomic mass is 9.87. The molecule has 1 aliphatic heterocycles.